The van der Waals surface area contributed by atoms with E-state index in [4.69, 9.17) is 9.47 Å². The number of nitro benzene ring substituents is 1. The molecule has 0 fully saturated rings. The molecule has 1 atom stereocenters. The monoisotopic (exact) mass is 416 g/mol. The van der Waals surface area contributed by atoms with Gasteiger partial charge in [0.15, 0.2) is 0 Å². The van der Waals surface area contributed by atoms with Crippen molar-refractivity contribution in [2.24, 2.45) is 0 Å². The number of carboxylic acids is 1. The third-order valence-electron chi connectivity index (χ3n) is 3.91. The van der Waals surface area contributed by atoms with E-state index in [1.165, 1.54) is 18.2 Å². The van der Waals surface area contributed by atoms with E-state index in [1.54, 1.807) is 20.8 Å². The molecule has 0 aliphatic heterocycles. The van der Waals surface area contributed by atoms with Crippen molar-refractivity contribution < 1.29 is 29.1 Å². The standard InChI is InChI=1S/C21H24N2O7/c1-21(2,3)30-20(26)22-17(19(24)25)12-15-11-16(23(27)28)9-10-18(15)29-13-14-7-5-4-6-8-14/h4-11,17H,12-13H2,1-3H3,(H,22,26)(H,24,25)/t17-/m0/s1. The van der Waals surface area contributed by atoms with Crippen LogP contribution in [0.1, 0.15) is 31.9 Å². The summed E-state index contributed by atoms with van der Waals surface area (Å²) in [5.74, 6) is -1.01. The molecular weight excluding hydrogens is 392 g/mol. The Morgan fingerprint density at radius 2 is 1.83 bits per heavy atom. The molecule has 1 amide bonds. The third-order valence-corrected chi connectivity index (χ3v) is 3.91. The van der Waals surface area contributed by atoms with Crippen LogP contribution in [0.2, 0.25) is 0 Å². The van der Waals surface area contributed by atoms with E-state index < -0.39 is 28.6 Å². The Labute approximate surface area is 173 Å². The van der Waals surface area contributed by atoms with Crippen LogP contribution < -0.4 is 10.1 Å². The molecule has 0 saturated carbocycles. The summed E-state index contributed by atoms with van der Waals surface area (Å²) < 4.78 is 10.9. The van der Waals surface area contributed by atoms with E-state index >= 15 is 0 Å². The van der Waals surface area contributed by atoms with Crippen LogP contribution >= 0.6 is 0 Å². The number of amides is 1. The minimum absolute atomic E-state index is 0.197. The maximum atomic E-state index is 12.0. The van der Waals surface area contributed by atoms with E-state index in [9.17, 15) is 24.8 Å². The normalized spacial score (nSPS) is 12.0. The summed E-state index contributed by atoms with van der Waals surface area (Å²) in [6.45, 7) is 5.15. The lowest BCUT2D eigenvalue weighted by atomic mass is 10.0. The van der Waals surface area contributed by atoms with Crippen LogP contribution in [-0.2, 0) is 22.6 Å². The van der Waals surface area contributed by atoms with Crippen molar-refractivity contribution >= 4 is 17.7 Å². The van der Waals surface area contributed by atoms with Gasteiger partial charge in [-0.1, -0.05) is 30.3 Å². The highest BCUT2D eigenvalue weighted by atomic mass is 16.6. The molecule has 0 bridgehead atoms. The van der Waals surface area contributed by atoms with Crippen molar-refractivity contribution in [3.8, 4) is 5.75 Å². The average Bonchev–Trinajstić information content (AvgIpc) is 2.65. The first kappa shape index (κ1) is 22.7. The van der Waals surface area contributed by atoms with E-state index in [0.717, 1.165) is 5.56 Å². The van der Waals surface area contributed by atoms with Crippen molar-refractivity contribution in [1.82, 2.24) is 5.32 Å². The Balaban J connectivity index is 2.24. The maximum absolute atomic E-state index is 12.0. The molecule has 2 N–H and O–H groups in total. The molecule has 0 saturated heterocycles. The molecule has 0 unspecified atom stereocenters. The number of carbonyl (C=O) groups is 2. The van der Waals surface area contributed by atoms with E-state index in [2.05, 4.69) is 5.32 Å². The molecule has 2 aromatic rings. The zero-order chi connectivity index (χ0) is 22.3. The minimum Gasteiger partial charge on any atom is -0.489 e. The molecule has 9 heteroatoms. The number of hydrogen-bond donors (Lipinski definition) is 2. The summed E-state index contributed by atoms with van der Waals surface area (Å²) in [6.07, 6.45) is -1.12. The van der Waals surface area contributed by atoms with Gasteiger partial charge in [-0.3, -0.25) is 10.1 Å². The summed E-state index contributed by atoms with van der Waals surface area (Å²) in [7, 11) is 0. The number of aliphatic carboxylic acids is 1. The highest BCUT2D eigenvalue weighted by Gasteiger charge is 2.26. The summed E-state index contributed by atoms with van der Waals surface area (Å²) in [5, 5.41) is 23.0. The Morgan fingerprint density at radius 1 is 1.17 bits per heavy atom. The van der Waals surface area contributed by atoms with Crippen molar-refractivity contribution in [3.05, 3.63) is 69.8 Å². The van der Waals surface area contributed by atoms with Gasteiger partial charge in [0, 0.05) is 24.1 Å². The number of nitrogens with one attached hydrogen (secondary N) is 1. The smallest absolute Gasteiger partial charge is 0.408 e. The molecule has 2 rings (SSSR count). The number of carbonyl (C=O) groups excluding carboxylic acids is 1. The Kier molecular flexibility index (Phi) is 7.35. The van der Waals surface area contributed by atoms with Gasteiger partial charge < -0.3 is 19.9 Å². The topological polar surface area (TPSA) is 128 Å². The van der Waals surface area contributed by atoms with Crippen LogP contribution in [0.3, 0.4) is 0 Å². The predicted molar refractivity (Wildman–Crippen MR) is 108 cm³/mol. The summed E-state index contributed by atoms with van der Waals surface area (Å²) in [5.41, 5.74) is 0.147. The molecular formula is C21H24N2O7. The van der Waals surface area contributed by atoms with Crippen molar-refractivity contribution in [2.45, 2.75) is 45.4 Å². The van der Waals surface area contributed by atoms with Gasteiger partial charge in [-0.25, -0.2) is 9.59 Å². The third kappa shape index (κ3) is 7.08. The van der Waals surface area contributed by atoms with Crippen molar-refractivity contribution in [2.75, 3.05) is 0 Å². The molecule has 9 nitrogen and oxygen atoms in total. The van der Waals surface area contributed by atoms with Crippen molar-refractivity contribution in [3.63, 3.8) is 0 Å². The first-order valence-electron chi connectivity index (χ1n) is 9.21. The highest BCUT2D eigenvalue weighted by Crippen LogP contribution is 2.26. The van der Waals surface area contributed by atoms with E-state index in [-0.39, 0.29) is 24.3 Å². The highest BCUT2D eigenvalue weighted by molar-refractivity contribution is 5.80. The molecule has 0 aliphatic rings. The zero-order valence-corrected chi connectivity index (χ0v) is 17.0. The van der Waals surface area contributed by atoms with Gasteiger partial charge >= 0.3 is 12.1 Å². The Bertz CT molecular complexity index is 907. The lowest BCUT2D eigenvalue weighted by Crippen LogP contribution is -2.44. The van der Waals surface area contributed by atoms with Crippen LogP contribution in [0.15, 0.2) is 48.5 Å². The second kappa shape index (κ2) is 9.73. The number of nitro groups is 1. The lowest BCUT2D eigenvalue weighted by Gasteiger charge is -2.22. The van der Waals surface area contributed by atoms with Crippen LogP contribution in [0.5, 0.6) is 5.75 Å². The number of hydrogen-bond acceptors (Lipinski definition) is 6. The fraction of sp³-hybridized carbons (Fsp3) is 0.333. The minimum atomic E-state index is -1.36. The van der Waals surface area contributed by atoms with Crippen LogP contribution in [0, 0.1) is 10.1 Å². The summed E-state index contributed by atoms with van der Waals surface area (Å²) in [6, 6.07) is 11.9. The fourth-order valence-electron chi connectivity index (χ4n) is 2.58. The van der Waals surface area contributed by atoms with Gasteiger partial charge in [0.25, 0.3) is 5.69 Å². The van der Waals surface area contributed by atoms with Crippen molar-refractivity contribution in [1.29, 1.82) is 0 Å². The molecule has 2 aromatic carbocycles. The number of benzene rings is 2. The SMILES string of the molecule is CC(C)(C)OC(=O)N[C@@H](Cc1cc([N+](=O)[O-])ccc1OCc1ccccc1)C(=O)O. The zero-order valence-electron chi connectivity index (χ0n) is 17.0. The number of nitrogens with zero attached hydrogens (tertiary/aromatic N) is 1. The Hall–Kier alpha value is -3.62. The average molecular weight is 416 g/mol. The van der Waals surface area contributed by atoms with Gasteiger partial charge in [0.2, 0.25) is 0 Å². The number of carboxylic acid groups (broad SMARTS) is 1. The number of ether oxygens (including phenoxy) is 2. The predicted octanol–water partition coefficient (Wildman–Crippen LogP) is 3.69. The van der Waals surface area contributed by atoms with Gasteiger partial charge in [0.05, 0.1) is 4.92 Å². The summed E-state index contributed by atoms with van der Waals surface area (Å²) >= 11 is 0. The van der Waals surface area contributed by atoms with E-state index in [1.807, 2.05) is 30.3 Å². The molecule has 160 valence electrons. The second-order valence-electron chi connectivity index (χ2n) is 7.56. The Morgan fingerprint density at radius 3 is 2.40 bits per heavy atom. The number of non-ortho nitro benzene ring substituents is 1. The van der Waals surface area contributed by atoms with Gasteiger partial charge in [-0.2, -0.15) is 0 Å². The second-order valence-corrected chi connectivity index (χ2v) is 7.56. The van der Waals surface area contributed by atoms with E-state index in [0.29, 0.717) is 5.75 Å². The molecule has 0 heterocycles. The van der Waals surface area contributed by atoms with Gasteiger partial charge in [-0.15, -0.1) is 0 Å². The van der Waals surface area contributed by atoms with Gasteiger partial charge in [0.1, 0.15) is 24.0 Å². The van der Waals surface area contributed by atoms with Gasteiger partial charge in [-0.05, 0) is 32.4 Å². The fourth-order valence-corrected chi connectivity index (χ4v) is 2.58. The maximum Gasteiger partial charge on any atom is 0.408 e. The molecule has 0 aromatic heterocycles. The quantitative estimate of drug-likeness (QED) is 0.496. The van der Waals surface area contributed by atoms with Crippen LogP contribution in [0.25, 0.3) is 0 Å². The first-order valence-corrected chi connectivity index (χ1v) is 9.21. The molecule has 0 aliphatic carbocycles. The lowest BCUT2D eigenvalue weighted by molar-refractivity contribution is -0.384. The molecule has 0 radical (unpaired) electrons. The first-order chi connectivity index (χ1) is 14.0. The van der Waals surface area contributed by atoms with Crippen LogP contribution in [-0.4, -0.2) is 33.7 Å². The number of alkyl carbamates (subject to hydrolysis) is 1. The largest absolute Gasteiger partial charge is 0.489 e. The number of rotatable bonds is 8. The molecule has 0 spiro atoms. The molecule has 30 heavy (non-hydrogen) atoms. The summed E-state index contributed by atoms with van der Waals surface area (Å²) in [4.78, 5) is 34.2. The van der Waals surface area contributed by atoms with Crippen LogP contribution in [0.4, 0.5) is 10.5 Å².